The van der Waals surface area contributed by atoms with E-state index in [9.17, 15) is 4.79 Å². The smallest absolute Gasteiger partial charge is 0.227 e. The number of unbranched alkanes of at least 4 members (excludes halogenated alkanes) is 2. The van der Waals surface area contributed by atoms with Crippen molar-refractivity contribution in [1.82, 2.24) is 5.32 Å². The zero-order valence-corrected chi connectivity index (χ0v) is 8.38. The van der Waals surface area contributed by atoms with Crippen molar-refractivity contribution in [2.45, 2.75) is 32.1 Å². The van der Waals surface area contributed by atoms with Crippen LogP contribution in [0.25, 0.3) is 0 Å². The molecule has 1 fully saturated rings. The number of hydrogen-bond acceptors (Lipinski definition) is 3. The molecule has 0 aromatic carbocycles. The van der Waals surface area contributed by atoms with E-state index in [1.54, 1.807) is 0 Å². The van der Waals surface area contributed by atoms with Gasteiger partial charge in [-0.3, -0.25) is 4.79 Å². The molecule has 0 aromatic heterocycles. The van der Waals surface area contributed by atoms with Crippen LogP contribution >= 0.6 is 0 Å². The van der Waals surface area contributed by atoms with Gasteiger partial charge in [-0.15, -0.1) is 0 Å². The van der Waals surface area contributed by atoms with Crippen LogP contribution in [-0.4, -0.2) is 19.0 Å². The predicted molar refractivity (Wildman–Crippen MR) is 53.2 cm³/mol. The summed E-state index contributed by atoms with van der Waals surface area (Å²) in [6.07, 6.45) is 4.14. The number of carbonyl (C=O) groups is 1. The highest BCUT2D eigenvalue weighted by Gasteiger charge is 2.48. The zero-order valence-electron chi connectivity index (χ0n) is 8.38. The monoisotopic (exact) mass is 195 g/mol. The lowest BCUT2D eigenvalue weighted by Gasteiger charge is -2.12. The van der Waals surface area contributed by atoms with E-state index >= 15 is 0 Å². The fourth-order valence-electron chi connectivity index (χ4n) is 1.39. The van der Waals surface area contributed by atoms with Gasteiger partial charge in [-0.2, -0.15) is 5.26 Å². The molecule has 0 unspecified atom stereocenters. The standard InChI is InChI=1S/C10H17N3O/c11-6-2-1-3-7-13-9(14)10(8-12)4-5-10/h1-5,7-8,12H2,(H,13,14). The van der Waals surface area contributed by atoms with Crippen LogP contribution in [0.3, 0.4) is 0 Å². The van der Waals surface area contributed by atoms with Crippen molar-refractivity contribution in [3.05, 3.63) is 0 Å². The Bertz CT molecular complexity index is 240. The topological polar surface area (TPSA) is 78.9 Å². The zero-order chi connectivity index (χ0) is 10.4. The molecule has 1 aliphatic carbocycles. The van der Waals surface area contributed by atoms with Crippen LogP contribution < -0.4 is 11.1 Å². The summed E-state index contributed by atoms with van der Waals surface area (Å²) in [5.74, 6) is 0.0944. The summed E-state index contributed by atoms with van der Waals surface area (Å²) in [5.41, 5.74) is 5.28. The first-order valence-corrected chi connectivity index (χ1v) is 5.10. The summed E-state index contributed by atoms with van der Waals surface area (Å²) in [5, 5.41) is 11.2. The number of nitrogens with one attached hydrogen (secondary N) is 1. The molecule has 4 nitrogen and oxygen atoms in total. The lowest BCUT2D eigenvalue weighted by molar-refractivity contribution is -0.125. The minimum Gasteiger partial charge on any atom is -0.356 e. The second-order valence-electron chi connectivity index (χ2n) is 3.86. The molecule has 0 bridgehead atoms. The van der Waals surface area contributed by atoms with Gasteiger partial charge < -0.3 is 11.1 Å². The highest BCUT2D eigenvalue weighted by molar-refractivity contribution is 5.85. The summed E-state index contributed by atoms with van der Waals surface area (Å²) in [6.45, 7) is 1.12. The van der Waals surface area contributed by atoms with Crippen LogP contribution in [0.4, 0.5) is 0 Å². The van der Waals surface area contributed by atoms with Crippen molar-refractivity contribution in [3.63, 3.8) is 0 Å². The quantitative estimate of drug-likeness (QED) is 0.607. The Morgan fingerprint density at radius 3 is 2.71 bits per heavy atom. The third-order valence-electron chi connectivity index (χ3n) is 2.73. The molecule has 1 aliphatic rings. The van der Waals surface area contributed by atoms with Crippen LogP contribution in [-0.2, 0) is 4.79 Å². The molecule has 1 amide bonds. The summed E-state index contributed by atoms with van der Waals surface area (Å²) < 4.78 is 0. The van der Waals surface area contributed by atoms with E-state index in [-0.39, 0.29) is 11.3 Å². The molecule has 1 saturated carbocycles. The van der Waals surface area contributed by atoms with Gasteiger partial charge in [0.1, 0.15) is 0 Å². The number of rotatable bonds is 6. The second kappa shape index (κ2) is 4.97. The van der Waals surface area contributed by atoms with Crippen LogP contribution in [0.1, 0.15) is 32.1 Å². The maximum Gasteiger partial charge on any atom is 0.227 e. The SMILES string of the molecule is N#CCCCCNC(=O)C1(CN)CC1. The van der Waals surface area contributed by atoms with Gasteiger partial charge in [0.05, 0.1) is 11.5 Å². The molecular weight excluding hydrogens is 178 g/mol. The Hall–Kier alpha value is -1.08. The Labute approximate surface area is 84.5 Å². The fourth-order valence-corrected chi connectivity index (χ4v) is 1.39. The largest absolute Gasteiger partial charge is 0.356 e. The van der Waals surface area contributed by atoms with Gasteiger partial charge in [0.2, 0.25) is 5.91 Å². The van der Waals surface area contributed by atoms with Gasteiger partial charge in [0.25, 0.3) is 0 Å². The number of nitrogens with zero attached hydrogens (tertiary/aromatic N) is 1. The Morgan fingerprint density at radius 1 is 1.50 bits per heavy atom. The third-order valence-corrected chi connectivity index (χ3v) is 2.73. The van der Waals surface area contributed by atoms with Crippen molar-refractivity contribution in [2.75, 3.05) is 13.1 Å². The molecule has 14 heavy (non-hydrogen) atoms. The first kappa shape index (κ1) is 11.0. The first-order valence-electron chi connectivity index (χ1n) is 5.10. The maximum absolute atomic E-state index is 11.5. The number of hydrogen-bond donors (Lipinski definition) is 2. The maximum atomic E-state index is 11.5. The fraction of sp³-hybridized carbons (Fsp3) is 0.800. The minimum absolute atomic E-state index is 0.0944. The van der Waals surface area contributed by atoms with Gasteiger partial charge in [0.15, 0.2) is 0 Å². The summed E-state index contributed by atoms with van der Waals surface area (Å²) in [4.78, 5) is 11.5. The average Bonchev–Trinajstić information content (AvgIpc) is 2.98. The molecule has 0 spiro atoms. The van der Waals surface area contributed by atoms with Crippen molar-refractivity contribution >= 4 is 5.91 Å². The molecule has 0 aliphatic heterocycles. The average molecular weight is 195 g/mol. The molecule has 4 heteroatoms. The number of nitrogens with two attached hydrogens (primary N) is 1. The van der Waals surface area contributed by atoms with Crippen molar-refractivity contribution in [3.8, 4) is 6.07 Å². The molecule has 0 aromatic rings. The molecular formula is C10H17N3O. The van der Waals surface area contributed by atoms with E-state index in [0.29, 0.717) is 19.5 Å². The summed E-state index contributed by atoms with van der Waals surface area (Å²) in [7, 11) is 0. The Kier molecular flexibility index (Phi) is 3.90. The number of nitriles is 1. The lowest BCUT2D eigenvalue weighted by Crippen LogP contribution is -2.37. The molecule has 0 radical (unpaired) electrons. The van der Waals surface area contributed by atoms with Crippen LogP contribution in [0.2, 0.25) is 0 Å². The predicted octanol–water partition coefficient (Wildman–Crippen LogP) is 0.535. The van der Waals surface area contributed by atoms with Gasteiger partial charge in [0, 0.05) is 19.5 Å². The molecule has 0 atom stereocenters. The molecule has 3 N–H and O–H groups in total. The number of amides is 1. The third kappa shape index (κ3) is 2.71. The molecule has 1 rings (SSSR count). The van der Waals surface area contributed by atoms with Crippen LogP contribution in [0.15, 0.2) is 0 Å². The van der Waals surface area contributed by atoms with Gasteiger partial charge in [-0.05, 0) is 25.7 Å². The van der Waals surface area contributed by atoms with E-state index in [4.69, 9.17) is 11.0 Å². The minimum atomic E-state index is -0.241. The van der Waals surface area contributed by atoms with Crippen LogP contribution in [0, 0.1) is 16.7 Å². The van der Waals surface area contributed by atoms with E-state index in [2.05, 4.69) is 11.4 Å². The van der Waals surface area contributed by atoms with Gasteiger partial charge in [-0.25, -0.2) is 0 Å². The summed E-state index contributed by atoms with van der Waals surface area (Å²) >= 11 is 0. The van der Waals surface area contributed by atoms with Crippen molar-refractivity contribution < 1.29 is 4.79 Å². The van der Waals surface area contributed by atoms with E-state index in [1.165, 1.54) is 0 Å². The lowest BCUT2D eigenvalue weighted by atomic mass is 10.1. The summed E-state index contributed by atoms with van der Waals surface area (Å²) in [6, 6.07) is 2.08. The highest BCUT2D eigenvalue weighted by Crippen LogP contribution is 2.44. The number of carbonyl (C=O) groups excluding carboxylic acids is 1. The molecule has 0 saturated heterocycles. The Morgan fingerprint density at radius 2 is 2.21 bits per heavy atom. The molecule has 0 heterocycles. The second-order valence-corrected chi connectivity index (χ2v) is 3.86. The molecule has 78 valence electrons. The Balaban J connectivity index is 2.08. The van der Waals surface area contributed by atoms with Gasteiger partial charge >= 0.3 is 0 Å². The normalized spacial score (nSPS) is 17.1. The van der Waals surface area contributed by atoms with E-state index < -0.39 is 0 Å². The van der Waals surface area contributed by atoms with Crippen molar-refractivity contribution in [1.29, 1.82) is 5.26 Å². The van der Waals surface area contributed by atoms with Gasteiger partial charge in [-0.1, -0.05) is 0 Å². The highest BCUT2D eigenvalue weighted by atomic mass is 16.2. The van der Waals surface area contributed by atoms with Crippen LogP contribution in [0.5, 0.6) is 0 Å². The van der Waals surface area contributed by atoms with E-state index in [0.717, 1.165) is 25.7 Å². The van der Waals surface area contributed by atoms with E-state index in [1.807, 2.05) is 0 Å². The first-order chi connectivity index (χ1) is 6.75. The van der Waals surface area contributed by atoms with Crippen molar-refractivity contribution in [2.24, 2.45) is 11.1 Å².